The highest BCUT2D eigenvalue weighted by Crippen LogP contribution is 2.44. The van der Waals surface area contributed by atoms with Crippen molar-refractivity contribution in [1.29, 1.82) is 0 Å². The third-order valence-corrected chi connectivity index (χ3v) is 8.32. The van der Waals surface area contributed by atoms with Crippen molar-refractivity contribution in [1.82, 2.24) is 9.97 Å². The van der Waals surface area contributed by atoms with Crippen molar-refractivity contribution in [2.45, 2.75) is 6.42 Å². The molecule has 0 radical (unpaired) electrons. The quantitative estimate of drug-likeness (QED) is 0.232. The number of para-hydroxylation sites is 2. The van der Waals surface area contributed by atoms with Crippen LogP contribution in [0.3, 0.4) is 0 Å². The Morgan fingerprint density at radius 2 is 1.35 bits per heavy atom. The summed E-state index contributed by atoms with van der Waals surface area (Å²) in [5.74, 6) is 0.698. The number of rotatable bonds is 2. The van der Waals surface area contributed by atoms with Crippen molar-refractivity contribution in [3.8, 4) is 33.8 Å². The molecule has 3 heteroatoms. The summed E-state index contributed by atoms with van der Waals surface area (Å²) >= 11 is 0. The van der Waals surface area contributed by atoms with Crippen LogP contribution in [0.2, 0.25) is 0 Å². The van der Waals surface area contributed by atoms with E-state index >= 15 is 0 Å². The molecule has 8 aromatic rings. The normalized spacial score (nSPS) is 12.4. The second kappa shape index (κ2) is 8.11. The van der Waals surface area contributed by atoms with Crippen LogP contribution in [0.25, 0.3) is 77.4 Å². The molecule has 0 amide bonds. The van der Waals surface area contributed by atoms with Crippen LogP contribution in [0.15, 0.2) is 126 Å². The van der Waals surface area contributed by atoms with Gasteiger partial charge in [0, 0.05) is 27.3 Å². The highest BCUT2D eigenvalue weighted by molar-refractivity contribution is 6.08. The van der Waals surface area contributed by atoms with Crippen LogP contribution in [0.5, 0.6) is 0 Å². The Balaban J connectivity index is 1.31. The molecule has 1 aliphatic carbocycles. The molecule has 2 heterocycles. The average molecular weight is 511 g/mol. The van der Waals surface area contributed by atoms with Gasteiger partial charge >= 0.3 is 0 Å². The fourth-order valence-electron chi connectivity index (χ4n) is 6.49. The van der Waals surface area contributed by atoms with Crippen LogP contribution in [-0.4, -0.2) is 9.97 Å². The Labute approximate surface area is 230 Å². The fraction of sp³-hybridized carbons (Fsp3) is 0.0270. The molecule has 0 aliphatic heterocycles. The van der Waals surface area contributed by atoms with Crippen LogP contribution in [0.1, 0.15) is 11.1 Å². The van der Waals surface area contributed by atoms with E-state index in [-0.39, 0.29) is 0 Å². The van der Waals surface area contributed by atoms with E-state index in [0.717, 1.165) is 56.1 Å². The van der Waals surface area contributed by atoms with Crippen LogP contribution < -0.4 is 0 Å². The molecule has 0 saturated heterocycles. The van der Waals surface area contributed by atoms with Crippen LogP contribution in [-0.2, 0) is 6.42 Å². The molecule has 6 aromatic carbocycles. The Morgan fingerprint density at radius 3 is 2.33 bits per heavy atom. The lowest BCUT2D eigenvalue weighted by molar-refractivity contribution is 0.669. The largest absolute Gasteiger partial charge is 0.456 e. The van der Waals surface area contributed by atoms with Crippen molar-refractivity contribution < 1.29 is 4.42 Å². The average Bonchev–Trinajstić information content (AvgIpc) is 3.58. The predicted octanol–water partition coefficient (Wildman–Crippen LogP) is 9.59. The van der Waals surface area contributed by atoms with Gasteiger partial charge in [0.15, 0.2) is 5.82 Å². The van der Waals surface area contributed by atoms with Crippen LogP contribution in [0.4, 0.5) is 0 Å². The molecule has 186 valence electrons. The van der Waals surface area contributed by atoms with E-state index in [0.29, 0.717) is 5.82 Å². The van der Waals surface area contributed by atoms with Gasteiger partial charge in [0.1, 0.15) is 11.2 Å². The van der Waals surface area contributed by atoms with E-state index in [1.54, 1.807) is 0 Å². The molecule has 0 fully saturated rings. The molecule has 3 nitrogen and oxygen atoms in total. The Bertz CT molecular complexity index is 2310. The molecule has 0 spiro atoms. The van der Waals surface area contributed by atoms with Gasteiger partial charge in [-0.2, -0.15) is 0 Å². The molecular formula is C37H22N2O. The first-order valence-electron chi connectivity index (χ1n) is 13.6. The summed E-state index contributed by atoms with van der Waals surface area (Å²) in [6.45, 7) is 0. The molecule has 2 aromatic heterocycles. The van der Waals surface area contributed by atoms with Gasteiger partial charge in [-0.05, 0) is 63.7 Å². The van der Waals surface area contributed by atoms with Gasteiger partial charge in [-0.15, -0.1) is 0 Å². The minimum absolute atomic E-state index is 0.698. The summed E-state index contributed by atoms with van der Waals surface area (Å²) in [4.78, 5) is 10.3. The lowest BCUT2D eigenvalue weighted by Crippen LogP contribution is -1.97. The maximum absolute atomic E-state index is 6.20. The minimum Gasteiger partial charge on any atom is -0.456 e. The highest BCUT2D eigenvalue weighted by atomic mass is 16.3. The molecule has 0 unspecified atom stereocenters. The van der Waals surface area contributed by atoms with Crippen molar-refractivity contribution in [3.63, 3.8) is 0 Å². The van der Waals surface area contributed by atoms with Crippen LogP contribution in [0, 0.1) is 0 Å². The Kier molecular flexibility index (Phi) is 4.39. The maximum atomic E-state index is 6.20. The third kappa shape index (κ3) is 3.06. The molecule has 0 N–H and O–H groups in total. The van der Waals surface area contributed by atoms with Crippen molar-refractivity contribution in [2.24, 2.45) is 0 Å². The minimum atomic E-state index is 0.698. The second-order valence-electron chi connectivity index (χ2n) is 10.6. The monoisotopic (exact) mass is 510 g/mol. The van der Waals surface area contributed by atoms with Crippen molar-refractivity contribution >= 4 is 43.6 Å². The number of hydrogen-bond acceptors (Lipinski definition) is 3. The number of furan rings is 1. The number of aromatic nitrogens is 2. The summed E-state index contributed by atoms with van der Waals surface area (Å²) in [5.41, 5.74) is 11.1. The maximum Gasteiger partial charge on any atom is 0.160 e. The highest BCUT2D eigenvalue weighted by Gasteiger charge is 2.23. The van der Waals surface area contributed by atoms with E-state index in [4.69, 9.17) is 14.4 Å². The van der Waals surface area contributed by atoms with Crippen molar-refractivity contribution in [3.05, 3.63) is 132 Å². The Hall–Kier alpha value is -5.28. The smallest absolute Gasteiger partial charge is 0.160 e. The van der Waals surface area contributed by atoms with Gasteiger partial charge in [0.2, 0.25) is 0 Å². The first-order valence-corrected chi connectivity index (χ1v) is 13.6. The first-order chi connectivity index (χ1) is 19.8. The first kappa shape index (κ1) is 21.6. The molecule has 40 heavy (non-hydrogen) atoms. The number of fused-ring (bicyclic) bond motifs is 9. The second-order valence-corrected chi connectivity index (χ2v) is 10.6. The topological polar surface area (TPSA) is 38.9 Å². The summed E-state index contributed by atoms with van der Waals surface area (Å²) in [6.07, 6.45) is 0.929. The molecule has 0 bridgehead atoms. The zero-order chi connectivity index (χ0) is 26.2. The number of nitrogens with zero attached hydrogens (tertiary/aromatic N) is 2. The van der Waals surface area contributed by atoms with Crippen molar-refractivity contribution in [2.75, 3.05) is 0 Å². The van der Waals surface area contributed by atoms with Gasteiger partial charge in [0.25, 0.3) is 0 Å². The third-order valence-electron chi connectivity index (χ3n) is 8.32. The van der Waals surface area contributed by atoms with Gasteiger partial charge < -0.3 is 4.42 Å². The summed E-state index contributed by atoms with van der Waals surface area (Å²) in [6, 6.07) is 42.6. The number of hydrogen-bond donors (Lipinski definition) is 0. The Morgan fingerprint density at radius 1 is 0.550 bits per heavy atom. The van der Waals surface area contributed by atoms with E-state index in [2.05, 4.69) is 97.1 Å². The molecular weight excluding hydrogens is 488 g/mol. The molecule has 0 atom stereocenters. The van der Waals surface area contributed by atoms with Gasteiger partial charge in [-0.25, -0.2) is 9.97 Å². The SMILES string of the molecule is c1ccc2c(c1)Cc1c-2ccc2cccc(-c3nc(-c4ccc5c(c4)oc4ccccc45)nc4ccccc34)c12. The van der Waals surface area contributed by atoms with Gasteiger partial charge in [-0.1, -0.05) is 97.1 Å². The molecule has 0 saturated carbocycles. The van der Waals surface area contributed by atoms with Gasteiger partial charge in [0.05, 0.1) is 11.2 Å². The zero-order valence-electron chi connectivity index (χ0n) is 21.6. The van der Waals surface area contributed by atoms with E-state index < -0.39 is 0 Å². The number of benzene rings is 6. The van der Waals surface area contributed by atoms with E-state index in [9.17, 15) is 0 Å². The standard InChI is InChI=1S/C37H22N2O/c1-2-10-25-23(8-1)20-31-26(25)18-16-22-9-7-13-30(35(22)31)36-29-12-3-5-14-32(29)38-37(39-36)24-17-19-28-27-11-4-6-15-33(27)40-34(28)21-24/h1-19,21H,20H2. The lowest BCUT2D eigenvalue weighted by Gasteiger charge is -2.14. The summed E-state index contributed by atoms with van der Waals surface area (Å²) in [5, 5.41) is 5.78. The fourth-order valence-corrected chi connectivity index (χ4v) is 6.49. The zero-order valence-corrected chi connectivity index (χ0v) is 21.6. The summed E-state index contributed by atoms with van der Waals surface area (Å²) in [7, 11) is 0. The predicted molar refractivity (Wildman–Crippen MR) is 163 cm³/mol. The van der Waals surface area contributed by atoms with Crippen LogP contribution >= 0.6 is 0 Å². The molecule has 9 rings (SSSR count). The lowest BCUT2D eigenvalue weighted by atomic mass is 9.92. The summed E-state index contributed by atoms with van der Waals surface area (Å²) < 4.78 is 6.20. The molecule has 1 aliphatic rings. The van der Waals surface area contributed by atoms with Gasteiger partial charge in [-0.3, -0.25) is 0 Å². The van der Waals surface area contributed by atoms with E-state index in [1.807, 2.05) is 24.3 Å². The van der Waals surface area contributed by atoms with E-state index in [1.165, 1.54) is 33.0 Å².